The fourth-order valence-electron chi connectivity index (χ4n) is 2.45. The van der Waals surface area contributed by atoms with Gasteiger partial charge >= 0.3 is 0 Å². The zero-order valence-corrected chi connectivity index (χ0v) is 14.7. The molecule has 0 fully saturated rings. The Hall–Kier alpha value is -2.28. The van der Waals surface area contributed by atoms with Crippen molar-refractivity contribution in [2.75, 3.05) is 0 Å². The maximum absolute atomic E-state index is 12.5. The first-order chi connectivity index (χ1) is 11.3. The molecule has 1 N–H and O–H groups in total. The highest BCUT2D eigenvalue weighted by molar-refractivity contribution is 7.90. The monoisotopic (exact) mass is 347 g/mol. The first kappa shape index (κ1) is 18.1. The molecule has 1 heterocycles. The Morgan fingerprint density at radius 3 is 2.38 bits per heavy atom. The Labute approximate surface area is 142 Å². The number of hydrogen-bond acceptors (Lipinski definition) is 5. The number of nitrogens with one attached hydrogen (secondary N) is 1. The predicted molar refractivity (Wildman–Crippen MR) is 92.8 cm³/mol. The zero-order chi connectivity index (χ0) is 17.7. The fraction of sp³-hybridized carbons (Fsp3) is 0.353. The second kappa shape index (κ2) is 7.53. The molecule has 0 radical (unpaired) electrons. The molecule has 0 saturated carbocycles. The van der Waals surface area contributed by atoms with Gasteiger partial charge in [-0.1, -0.05) is 32.0 Å². The lowest BCUT2D eigenvalue weighted by Crippen LogP contribution is -2.37. The number of hydrogen-bond donors (Lipinski definition) is 1. The average molecular weight is 347 g/mol. The lowest BCUT2D eigenvalue weighted by atomic mass is 10.0. The third-order valence-corrected chi connectivity index (χ3v) is 5.33. The molecule has 24 heavy (non-hydrogen) atoms. The molecule has 1 atom stereocenters. The summed E-state index contributed by atoms with van der Waals surface area (Å²) in [5, 5.41) is -0.645. The molecule has 2 rings (SSSR count). The minimum Gasteiger partial charge on any atom is -0.268 e. The van der Waals surface area contributed by atoms with E-state index in [1.54, 1.807) is 43.6 Å². The van der Waals surface area contributed by atoms with Crippen molar-refractivity contribution >= 4 is 15.9 Å². The van der Waals surface area contributed by atoms with E-state index in [2.05, 4.69) is 14.7 Å². The van der Waals surface area contributed by atoms with Gasteiger partial charge in [0.25, 0.3) is 5.91 Å². The Morgan fingerprint density at radius 1 is 1.12 bits per heavy atom. The SMILES string of the molecule is CC(C)C[C@@H](C)S(=O)(=O)NC(=O)c1ccccc1-c1cncnc1. The van der Waals surface area contributed by atoms with Gasteiger partial charge in [0, 0.05) is 23.5 Å². The molecule has 0 aliphatic heterocycles. The Balaban J connectivity index is 2.28. The van der Waals surface area contributed by atoms with Crippen LogP contribution >= 0.6 is 0 Å². The van der Waals surface area contributed by atoms with Gasteiger partial charge in [0.1, 0.15) is 6.33 Å². The van der Waals surface area contributed by atoms with E-state index in [1.165, 1.54) is 6.33 Å². The maximum Gasteiger partial charge on any atom is 0.265 e. The topological polar surface area (TPSA) is 89.0 Å². The number of carbonyl (C=O) groups is 1. The molecule has 128 valence electrons. The summed E-state index contributed by atoms with van der Waals surface area (Å²) in [4.78, 5) is 20.4. The molecule has 0 saturated heterocycles. The highest BCUT2D eigenvalue weighted by Gasteiger charge is 2.25. The van der Waals surface area contributed by atoms with Crippen molar-refractivity contribution in [2.45, 2.75) is 32.4 Å². The third-order valence-electron chi connectivity index (χ3n) is 3.61. The van der Waals surface area contributed by atoms with E-state index >= 15 is 0 Å². The number of carbonyl (C=O) groups excluding carboxylic acids is 1. The van der Waals surface area contributed by atoms with Gasteiger partial charge in [-0.2, -0.15) is 0 Å². The minimum atomic E-state index is -3.73. The minimum absolute atomic E-state index is 0.223. The van der Waals surface area contributed by atoms with E-state index < -0.39 is 21.2 Å². The summed E-state index contributed by atoms with van der Waals surface area (Å²) in [5.41, 5.74) is 1.51. The standard InChI is InChI=1S/C17H21N3O3S/c1-12(2)8-13(3)24(22,23)20-17(21)16-7-5-4-6-15(16)14-9-18-11-19-10-14/h4-7,9-13H,8H2,1-3H3,(H,20,21)/t13-/m1/s1. The van der Waals surface area contributed by atoms with Crippen LogP contribution in [0.4, 0.5) is 0 Å². The summed E-state index contributed by atoms with van der Waals surface area (Å²) in [7, 11) is -3.73. The van der Waals surface area contributed by atoms with E-state index in [1.807, 2.05) is 13.8 Å². The second-order valence-corrected chi connectivity index (χ2v) is 8.19. The normalized spacial score (nSPS) is 12.8. The van der Waals surface area contributed by atoms with Crippen LogP contribution in [0.3, 0.4) is 0 Å². The Kier molecular flexibility index (Phi) is 5.66. The van der Waals surface area contributed by atoms with E-state index in [-0.39, 0.29) is 11.5 Å². The Bertz CT molecular complexity index is 805. The average Bonchev–Trinajstić information content (AvgIpc) is 2.54. The molecule has 6 nitrogen and oxygen atoms in total. The molecular formula is C17H21N3O3S. The molecule has 0 spiro atoms. The highest BCUT2D eigenvalue weighted by Crippen LogP contribution is 2.22. The molecule has 0 unspecified atom stereocenters. The van der Waals surface area contributed by atoms with Crippen molar-refractivity contribution in [1.29, 1.82) is 0 Å². The van der Waals surface area contributed by atoms with E-state index in [4.69, 9.17) is 0 Å². The number of rotatable bonds is 6. The number of sulfonamides is 1. The smallest absolute Gasteiger partial charge is 0.265 e. The molecule has 2 aromatic rings. The van der Waals surface area contributed by atoms with Gasteiger partial charge in [-0.3, -0.25) is 4.79 Å². The van der Waals surface area contributed by atoms with Crippen molar-refractivity contribution in [3.8, 4) is 11.1 Å². The van der Waals surface area contributed by atoms with Crippen LogP contribution in [0.25, 0.3) is 11.1 Å². The number of aromatic nitrogens is 2. The van der Waals surface area contributed by atoms with Gasteiger partial charge in [-0.05, 0) is 30.9 Å². The molecule has 1 aromatic carbocycles. The lowest BCUT2D eigenvalue weighted by molar-refractivity contribution is 0.0981. The van der Waals surface area contributed by atoms with Crippen LogP contribution in [0.2, 0.25) is 0 Å². The summed E-state index contributed by atoms with van der Waals surface area (Å²) in [5.74, 6) is -0.425. The van der Waals surface area contributed by atoms with Crippen molar-refractivity contribution in [3.63, 3.8) is 0 Å². The van der Waals surface area contributed by atoms with Gasteiger partial charge in [-0.15, -0.1) is 0 Å². The van der Waals surface area contributed by atoms with Crippen LogP contribution in [0.1, 0.15) is 37.6 Å². The molecule has 1 amide bonds. The van der Waals surface area contributed by atoms with Crippen LogP contribution in [-0.4, -0.2) is 29.5 Å². The Morgan fingerprint density at radius 2 is 1.75 bits per heavy atom. The first-order valence-electron chi connectivity index (χ1n) is 7.71. The van der Waals surface area contributed by atoms with Crippen molar-refractivity contribution < 1.29 is 13.2 Å². The third kappa shape index (κ3) is 4.38. The van der Waals surface area contributed by atoms with E-state index in [0.717, 1.165) is 0 Å². The van der Waals surface area contributed by atoms with Crippen molar-refractivity contribution in [2.24, 2.45) is 5.92 Å². The van der Waals surface area contributed by atoms with Gasteiger partial charge < -0.3 is 0 Å². The quantitative estimate of drug-likeness (QED) is 0.868. The largest absolute Gasteiger partial charge is 0.268 e. The predicted octanol–water partition coefficient (Wildman–Crippen LogP) is 2.64. The van der Waals surface area contributed by atoms with E-state index in [9.17, 15) is 13.2 Å². The summed E-state index contributed by atoms with van der Waals surface area (Å²) >= 11 is 0. The van der Waals surface area contributed by atoms with Crippen LogP contribution in [-0.2, 0) is 10.0 Å². The summed E-state index contributed by atoms with van der Waals surface area (Å²) in [6, 6.07) is 6.78. The summed E-state index contributed by atoms with van der Waals surface area (Å²) < 4.78 is 26.9. The van der Waals surface area contributed by atoms with Gasteiger partial charge in [-0.25, -0.2) is 23.1 Å². The highest BCUT2D eigenvalue weighted by atomic mass is 32.2. The fourth-order valence-corrected chi connectivity index (χ4v) is 3.65. The summed E-state index contributed by atoms with van der Waals surface area (Å²) in [6.45, 7) is 5.49. The maximum atomic E-state index is 12.5. The molecule has 0 bridgehead atoms. The van der Waals surface area contributed by atoms with Gasteiger partial charge in [0.15, 0.2) is 0 Å². The van der Waals surface area contributed by atoms with E-state index in [0.29, 0.717) is 17.5 Å². The molecule has 0 aliphatic rings. The van der Waals surface area contributed by atoms with Crippen LogP contribution in [0.5, 0.6) is 0 Å². The van der Waals surface area contributed by atoms with Crippen LogP contribution in [0, 0.1) is 5.92 Å². The van der Waals surface area contributed by atoms with Gasteiger partial charge in [0.05, 0.1) is 5.25 Å². The first-order valence-corrected chi connectivity index (χ1v) is 9.26. The molecule has 1 aromatic heterocycles. The van der Waals surface area contributed by atoms with Crippen LogP contribution < -0.4 is 4.72 Å². The molecular weight excluding hydrogens is 326 g/mol. The second-order valence-electron chi connectivity index (χ2n) is 6.09. The van der Waals surface area contributed by atoms with Crippen molar-refractivity contribution in [1.82, 2.24) is 14.7 Å². The number of nitrogens with zero attached hydrogens (tertiary/aromatic N) is 2. The van der Waals surface area contributed by atoms with Gasteiger partial charge in [0.2, 0.25) is 10.0 Å². The number of benzene rings is 1. The molecule has 0 aliphatic carbocycles. The summed E-state index contributed by atoms with van der Waals surface area (Å²) in [6.07, 6.45) is 5.03. The van der Waals surface area contributed by atoms with Crippen LogP contribution in [0.15, 0.2) is 43.0 Å². The zero-order valence-electron chi connectivity index (χ0n) is 13.9. The lowest BCUT2D eigenvalue weighted by Gasteiger charge is -2.16. The molecule has 7 heteroatoms. The van der Waals surface area contributed by atoms with Crippen molar-refractivity contribution in [3.05, 3.63) is 48.5 Å². The number of amides is 1.